The van der Waals surface area contributed by atoms with Gasteiger partial charge >= 0.3 is 0 Å². The molecular formula is C14H16BrNO. The van der Waals surface area contributed by atoms with Crippen LogP contribution in [0.25, 0.3) is 0 Å². The monoisotopic (exact) mass is 293 g/mol. The maximum Gasteiger partial charge on any atom is 0.169 e. The SMILES string of the molecule is CNC(c1ccc(Br)o1)c1cccc(C)c1C. The van der Waals surface area contributed by atoms with Gasteiger partial charge in [0, 0.05) is 0 Å². The summed E-state index contributed by atoms with van der Waals surface area (Å²) in [6.07, 6.45) is 0. The van der Waals surface area contributed by atoms with Crippen LogP contribution in [-0.2, 0) is 0 Å². The van der Waals surface area contributed by atoms with Crippen molar-refractivity contribution in [3.8, 4) is 0 Å². The van der Waals surface area contributed by atoms with Crippen molar-refractivity contribution in [2.24, 2.45) is 0 Å². The summed E-state index contributed by atoms with van der Waals surface area (Å²) in [6, 6.07) is 10.4. The van der Waals surface area contributed by atoms with Crippen LogP contribution in [-0.4, -0.2) is 7.05 Å². The Morgan fingerprint density at radius 2 is 1.94 bits per heavy atom. The molecule has 3 heteroatoms. The van der Waals surface area contributed by atoms with E-state index in [1.807, 2.05) is 19.2 Å². The van der Waals surface area contributed by atoms with Crippen molar-refractivity contribution in [3.05, 3.63) is 57.5 Å². The average Bonchev–Trinajstić information content (AvgIpc) is 2.72. The van der Waals surface area contributed by atoms with Crippen LogP contribution in [0.15, 0.2) is 39.4 Å². The maximum atomic E-state index is 5.64. The highest BCUT2D eigenvalue weighted by atomic mass is 79.9. The number of hydrogen-bond acceptors (Lipinski definition) is 2. The zero-order valence-electron chi connectivity index (χ0n) is 10.3. The fraction of sp³-hybridized carbons (Fsp3) is 0.286. The van der Waals surface area contributed by atoms with Gasteiger partial charge in [0.1, 0.15) is 5.76 Å². The minimum Gasteiger partial charge on any atom is -0.452 e. The summed E-state index contributed by atoms with van der Waals surface area (Å²) >= 11 is 3.34. The largest absolute Gasteiger partial charge is 0.452 e. The Hall–Kier alpha value is -1.06. The van der Waals surface area contributed by atoms with Gasteiger partial charge in [0.25, 0.3) is 0 Å². The summed E-state index contributed by atoms with van der Waals surface area (Å²) in [6.45, 7) is 4.27. The van der Waals surface area contributed by atoms with Crippen molar-refractivity contribution < 1.29 is 4.42 Å². The molecule has 1 heterocycles. The van der Waals surface area contributed by atoms with Crippen LogP contribution in [0.4, 0.5) is 0 Å². The minimum atomic E-state index is 0.0983. The number of benzene rings is 1. The van der Waals surface area contributed by atoms with Gasteiger partial charge in [0.05, 0.1) is 6.04 Å². The molecule has 0 spiro atoms. The Bertz CT molecular complexity index is 519. The van der Waals surface area contributed by atoms with Gasteiger partial charge in [0.15, 0.2) is 4.67 Å². The lowest BCUT2D eigenvalue weighted by Gasteiger charge is -2.17. The molecule has 0 saturated heterocycles. The first-order valence-corrected chi connectivity index (χ1v) is 6.41. The zero-order chi connectivity index (χ0) is 12.4. The number of halogens is 1. The molecule has 2 aromatic rings. The van der Waals surface area contributed by atoms with E-state index >= 15 is 0 Å². The first kappa shape index (κ1) is 12.4. The highest BCUT2D eigenvalue weighted by Crippen LogP contribution is 2.28. The minimum absolute atomic E-state index is 0.0983. The van der Waals surface area contributed by atoms with Crippen LogP contribution in [0.5, 0.6) is 0 Å². The third kappa shape index (κ3) is 2.45. The second-order valence-corrected chi connectivity index (χ2v) is 4.93. The molecule has 2 rings (SSSR count). The van der Waals surface area contributed by atoms with Crippen LogP contribution >= 0.6 is 15.9 Å². The number of rotatable bonds is 3. The summed E-state index contributed by atoms with van der Waals surface area (Å²) in [5.74, 6) is 0.924. The van der Waals surface area contributed by atoms with Crippen molar-refractivity contribution in [2.45, 2.75) is 19.9 Å². The predicted molar refractivity (Wildman–Crippen MR) is 73.2 cm³/mol. The quantitative estimate of drug-likeness (QED) is 0.926. The number of nitrogens with one attached hydrogen (secondary N) is 1. The first-order chi connectivity index (χ1) is 8.13. The van der Waals surface area contributed by atoms with Crippen molar-refractivity contribution in [2.75, 3.05) is 7.05 Å². The van der Waals surface area contributed by atoms with Gasteiger partial charge in [-0.2, -0.15) is 0 Å². The van der Waals surface area contributed by atoms with E-state index in [0.717, 1.165) is 10.4 Å². The fourth-order valence-electron chi connectivity index (χ4n) is 2.02. The molecule has 1 aromatic carbocycles. The molecule has 0 aliphatic rings. The topological polar surface area (TPSA) is 25.2 Å². The lowest BCUT2D eigenvalue weighted by Crippen LogP contribution is -2.18. The molecule has 17 heavy (non-hydrogen) atoms. The lowest BCUT2D eigenvalue weighted by molar-refractivity contribution is 0.446. The molecule has 2 nitrogen and oxygen atoms in total. The van der Waals surface area contributed by atoms with Crippen LogP contribution in [0, 0.1) is 13.8 Å². The molecule has 0 aliphatic heterocycles. The normalized spacial score (nSPS) is 12.7. The molecule has 1 unspecified atom stereocenters. The van der Waals surface area contributed by atoms with Crippen LogP contribution in [0.2, 0.25) is 0 Å². The third-order valence-corrected chi connectivity index (χ3v) is 3.55. The summed E-state index contributed by atoms with van der Waals surface area (Å²) < 4.78 is 6.40. The van der Waals surface area contributed by atoms with Gasteiger partial charge in [-0.3, -0.25) is 0 Å². The molecule has 0 bridgehead atoms. The van der Waals surface area contributed by atoms with E-state index < -0.39 is 0 Å². The highest BCUT2D eigenvalue weighted by Gasteiger charge is 2.18. The zero-order valence-corrected chi connectivity index (χ0v) is 11.8. The Labute approximate surface area is 110 Å². The van der Waals surface area contributed by atoms with E-state index in [9.17, 15) is 0 Å². The standard InChI is InChI=1S/C14H16BrNO/c1-9-5-4-6-11(10(9)2)14(16-3)12-7-8-13(15)17-12/h4-8,14,16H,1-3H3. The molecule has 0 fully saturated rings. The summed E-state index contributed by atoms with van der Waals surface area (Å²) in [5.41, 5.74) is 3.86. The van der Waals surface area contributed by atoms with Crippen LogP contribution < -0.4 is 5.32 Å². The van der Waals surface area contributed by atoms with Gasteiger partial charge in [-0.25, -0.2) is 0 Å². The second-order valence-electron chi connectivity index (χ2n) is 4.15. The number of furan rings is 1. The van der Waals surface area contributed by atoms with E-state index in [2.05, 4.69) is 53.3 Å². The van der Waals surface area contributed by atoms with E-state index in [0.29, 0.717) is 0 Å². The molecule has 0 radical (unpaired) electrons. The number of hydrogen-bond donors (Lipinski definition) is 1. The molecule has 1 N–H and O–H groups in total. The summed E-state index contributed by atoms with van der Waals surface area (Å²) in [5, 5.41) is 3.30. The molecule has 0 amide bonds. The van der Waals surface area contributed by atoms with E-state index in [1.165, 1.54) is 16.7 Å². The van der Waals surface area contributed by atoms with Gasteiger partial charge in [0.2, 0.25) is 0 Å². The molecule has 0 aliphatic carbocycles. The van der Waals surface area contributed by atoms with Gasteiger partial charge in [-0.05, 0) is 65.6 Å². The van der Waals surface area contributed by atoms with Crippen molar-refractivity contribution in [3.63, 3.8) is 0 Å². The van der Waals surface area contributed by atoms with E-state index in [1.54, 1.807) is 0 Å². The number of aryl methyl sites for hydroxylation is 1. The lowest BCUT2D eigenvalue weighted by atomic mass is 9.96. The predicted octanol–water partition coefficient (Wildman–Crippen LogP) is 3.97. The van der Waals surface area contributed by atoms with E-state index in [-0.39, 0.29) is 6.04 Å². The van der Waals surface area contributed by atoms with Gasteiger partial charge < -0.3 is 9.73 Å². The van der Waals surface area contributed by atoms with Crippen LogP contribution in [0.1, 0.15) is 28.5 Å². The molecule has 1 aromatic heterocycles. The summed E-state index contributed by atoms with van der Waals surface area (Å²) in [7, 11) is 1.95. The Kier molecular flexibility index (Phi) is 3.69. The Morgan fingerprint density at radius 3 is 2.53 bits per heavy atom. The fourth-order valence-corrected chi connectivity index (χ4v) is 2.34. The molecule has 0 saturated carbocycles. The highest BCUT2D eigenvalue weighted by molar-refractivity contribution is 9.10. The van der Waals surface area contributed by atoms with Crippen molar-refractivity contribution >= 4 is 15.9 Å². The van der Waals surface area contributed by atoms with Gasteiger partial charge in [-0.1, -0.05) is 18.2 Å². The smallest absolute Gasteiger partial charge is 0.169 e. The summed E-state index contributed by atoms with van der Waals surface area (Å²) in [4.78, 5) is 0. The maximum absolute atomic E-state index is 5.64. The van der Waals surface area contributed by atoms with Crippen molar-refractivity contribution in [1.29, 1.82) is 0 Å². The third-order valence-electron chi connectivity index (χ3n) is 3.12. The van der Waals surface area contributed by atoms with Gasteiger partial charge in [-0.15, -0.1) is 0 Å². The average molecular weight is 294 g/mol. The Morgan fingerprint density at radius 1 is 1.18 bits per heavy atom. The Balaban J connectivity index is 2.45. The van der Waals surface area contributed by atoms with Crippen molar-refractivity contribution in [1.82, 2.24) is 5.32 Å². The van der Waals surface area contributed by atoms with E-state index in [4.69, 9.17) is 4.42 Å². The molecule has 90 valence electrons. The first-order valence-electron chi connectivity index (χ1n) is 5.62. The van der Waals surface area contributed by atoms with Crippen LogP contribution in [0.3, 0.4) is 0 Å². The second kappa shape index (κ2) is 5.07. The molecule has 1 atom stereocenters. The molecular weight excluding hydrogens is 278 g/mol.